The maximum Gasteiger partial charge on any atom is 0.303 e. The number of aliphatic carboxylic acids is 1. The van der Waals surface area contributed by atoms with Crippen LogP contribution in [0.2, 0.25) is 0 Å². The van der Waals surface area contributed by atoms with Crippen molar-refractivity contribution in [3.05, 3.63) is 35.9 Å². The van der Waals surface area contributed by atoms with E-state index in [2.05, 4.69) is 0 Å². The van der Waals surface area contributed by atoms with Gasteiger partial charge in [0.25, 0.3) is 5.91 Å². The second-order valence-electron chi connectivity index (χ2n) is 5.24. The molecule has 21 heavy (non-hydrogen) atoms. The van der Waals surface area contributed by atoms with E-state index in [-0.39, 0.29) is 18.4 Å². The van der Waals surface area contributed by atoms with Gasteiger partial charge >= 0.3 is 5.97 Å². The summed E-state index contributed by atoms with van der Waals surface area (Å²) in [5.74, 6) is -0.860. The summed E-state index contributed by atoms with van der Waals surface area (Å²) in [6, 6.07) is 9.72. The van der Waals surface area contributed by atoms with Gasteiger partial charge in [-0.05, 0) is 24.8 Å². The molecule has 0 bridgehead atoms. The van der Waals surface area contributed by atoms with E-state index in [1.165, 1.54) is 0 Å². The minimum Gasteiger partial charge on any atom is -0.481 e. The highest BCUT2D eigenvalue weighted by molar-refractivity contribution is 5.81. The van der Waals surface area contributed by atoms with E-state index < -0.39 is 5.97 Å². The molecule has 0 aromatic heterocycles. The SMILES string of the molecule is O=C(O)CCCN(Cc1ccccc1)C(=O)C1CCCO1. The lowest BCUT2D eigenvalue weighted by molar-refractivity contribution is -0.143. The summed E-state index contributed by atoms with van der Waals surface area (Å²) in [5, 5.41) is 8.74. The molecule has 1 aliphatic heterocycles. The van der Waals surface area contributed by atoms with Crippen molar-refractivity contribution in [2.24, 2.45) is 0 Å². The minimum absolute atomic E-state index is 0.0262. The van der Waals surface area contributed by atoms with Gasteiger partial charge in [0.15, 0.2) is 0 Å². The quantitative estimate of drug-likeness (QED) is 0.835. The van der Waals surface area contributed by atoms with Crippen LogP contribution < -0.4 is 0 Å². The highest BCUT2D eigenvalue weighted by Gasteiger charge is 2.28. The second kappa shape index (κ2) is 7.78. The first-order chi connectivity index (χ1) is 10.2. The molecule has 114 valence electrons. The summed E-state index contributed by atoms with van der Waals surface area (Å²) in [6.07, 6.45) is 1.83. The van der Waals surface area contributed by atoms with Gasteiger partial charge in [-0.2, -0.15) is 0 Å². The molecule has 1 N–H and O–H groups in total. The van der Waals surface area contributed by atoms with Gasteiger partial charge in [-0.1, -0.05) is 30.3 Å². The van der Waals surface area contributed by atoms with E-state index in [0.717, 1.165) is 18.4 Å². The maximum atomic E-state index is 12.5. The summed E-state index contributed by atoms with van der Waals surface area (Å²) in [4.78, 5) is 24.8. The van der Waals surface area contributed by atoms with Crippen LogP contribution in [0.15, 0.2) is 30.3 Å². The predicted octanol–water partition coefficient (Wildman–Crippen LogP) is 2.06. The van der Waals surface area contributed by atoms with Gasteiger partial charge in [0.2, 0.25) is 0 Å². The van der Waals surface area contributed by atoms with Crippen molar-refractivity contribution in [1.82, 2.24) is 4.90 Å². The van der Waals surface area contributed by atoms with Crippen molar-refractivity contribution in [3.63, 3.8) is 0 Å². The molecular weight excluding hydrogens is 270 g/mol. The molecule has 0 aliphatic carbocycles. The molecule has 0 radical (unpaired) electrons. The van der Waals surface area contributed by atoms with Gasteiger partial charge < -0.3 is 14.7 Å². The number of benzene rings is 1. The lowest BCUT2D eigenvalue weighted by Gasteiger charge is -2.25. The number of carbonyl (C=O) groups excluding carboxylic acids is 1. The first-order valence-electron chi connectivity index (χ1n) is 7.33. The van der Waals surface area contributed by atoms with Crippen molar-refractivity contribution in [3.8, 4) is 0 Å². The van der Waals surface area contributed by atoms with Crippen LogP contribution in [0.4, 0.5) is 0 Å². The van der Waals surface area contributed by atoms with Crippen molar-refractivity contribution in [2.45, 2.75) is 38.3 Å². The summed E-state index contributed by atoms with van der Waals surface area (Å²) in [7, 11) is 0. The normalized spacial score (nSPS) is 17.6. The molecule has 1 saturated heterocycles. The van der Waals surface area contributed by atoms with Crippen LogP contribution in [0.25, 0.3) is 0 Å². The Balaban J connectivity index is 1.98. The van der Waals surface area contributed by atoms with E-state index in [4.69, 9.17) is 9.84 Å². The van der Waals surface area contributed by atoms with Gasteiger partial charge in [0.05, 0.1) is 0 Å². The zero-order valence-corrected chi connectivity index (χ0v) is 12.0. The third kappa shape index (κ3) is 4.86. The Morgan fingerprint density at radius 1 is 1.29 bits per heavy atom. The molecule has 1 fully saturated rings. The van der Waals surface area contributed by atoms with Crippen molar-refractivity contribution in [1.29, 1.82) is 0 Å². The molecule has 5 heteroatoms. The summed E-state index contributed by atoms with van der Waals surface area (Å²) >= 11 is 0. The number of hydrogen-bond acceptors (Lipinski definition) is 3. The van der Waals surface area contributed by atoms with E-state index in [0.29, 0.717) is 26.1 Å². The fourth-order valence-electron chi connectivity index (χ4n) is 2.47. The Bertz CT molecular complexity index is 468. The molecule has 1 unspecified atom stereocenters. The summed E-state index contributed by atoms with van der Waals surface area (Å²) < 4.78 is 5.45. The van der Waals surface area contributed by atoms with Crippen LogP contribution in [0.1, 0.15) is 31.2 Å². The van der Waals surface area contributed by atoms with E-state index >= 15 is 0 Å². The number of hydrogen-bond donors (Lipinski definition) is 1. The molecule has 1 aromatic rings. The molecule has 0 spiro atoms. The predicted molar refractivity (Wildman–Crippen MR) is 77.7 cm³/mol. The molecule has 1 amide bonds. The smallest absolute Gasteiger partial charge is 0.303 e. The first-order valence-corrected chi connectivity index (χ1v) is 7.33. The van der Waals surface area contributed by atoms with Gasteiger partial charge in [-0.15, -0.1) is 0 Å². The van der Waals surface area contributed by atoms with Crippen LogP contribution >= 0.6 is 0 Å². The minimum atomic E-state index is -0.834. The van der Waals surface area contributed by atoms with Crippen LogP contribution in [0, 0.1) is 0 Å². The third-order valence-corrected chi connectivity index (χ3v) is 3.55. The van der Waals surface area contributed by atoms with E-state index in [1.807, 2.05) is 30.3 Å². The zero-order valence-electron chi connectivity index (χ0n) is 12.0. The highest BCUT2D eigenvalue weighted by atomic mass is 16.5. The third-order valence-electron chi connectivity index (χ3n) is 3.55. The topological polar surface area (TPSA) is 66.8 Å². The first kappa shape index (κ1) is 15.5. The molecule has 1 heterocycles. The largest absolute Gasteiger partial charge is 0.481 e. The number of carbonyl (C=O) groups is 2. The van der Waals surface area contributed by atoms with Crippen molar-refractivity contribution in [2.75, 3.05) is 13.2 Å². The standard InChI is InChI=1S/C16H21NO4/c18-15(19)9-4-10-17(12-13-6-2-1-3-7-13)16(20)14-8-5-11-21-14/h1-3,6-7,14H,4-5,8-12H2,(H,18,19). The molecule has 1 aliphatic rings. The van der Waals surface area contributed by atoms with Gasteiger partial charge in [0, 0.05) is 26.1 Å². The fraction of sp³-hybridized carbons (Fsp3) is 0.500. The number of ether oxygens (including phenoxy) is 1. The van der Waals surface area contributed by atoms with Gasteiger partial charge in [-0.3, -0.25) is 9.59 Å². The van der Waals surface area contributed by atoms with Crippen LogP contribution in [-0.4, -0.2) is 41.1 Å². The Morgan fingerprint density at radius 3 is 2.67 bits per heavy atom. The van der Waals surface area contributed by atoms with Crippen LogP contribution in [0.3, 0.4) is 0 Å². The molecule has 1 atom stereocenters. The summed E-state index contributed by atoms with van der Waals surface area (Å²) in [6.45, 7) is 1.57. The molecule has 5 nitrogen and oxygen atoms in total. The van der Waals surface area contributed by atoms with E-state index in [1.54, 1.807) is 4.90 Å². The average molecular weight is 291 g/mol. The second-order valence-corrected chi connectivity index (χ2v) is 5.24. The van der Waals surface area contributed by atoms with Gasteiger partial charge in [0.1, 0.15) is 6.10 Å². The van der Waals surface area contributed by atoms with Crippen molar-refractivity contribution < 1.29 is 19.4 Å². The summed E-state index contributed by atoms with van der Waals surface area (Å²) in [5.41, 5.74) is 1.04. The highest BCUT2D eigenvalue weighted by Crippen LogP contribution is 2.17. The molecule has 1 aromatic carbocycles. The lowest BCUT2D eigenvalue weighted by atomic mass is 10.1. The van der Waals surface area contributed by atoms with Crippen LogP contribution in [0.5, 0.6) is 0 Å². The Hall–Kier alpha value is -1.88. The zero-order chi connectivity index (χ0) is 15.1. The Morgan fingerprint density at radius 2 is 2.05 bits per heavy atom. The number of rotatable bonds is 7. The number of carboxylic acid groups (broad SMARTS) is 1. The average Bonchev–Trinajstić information content (AvgIpc) is 3.00. The van der Waals surface area contributed by atoms with Gasteiger partial charge in [-0.25, -0.2) is 0 Å². The monoisotopic (exact) mass is 291 g/mol. The number of amides is 1. The molecule has 0 saturated carbocycles. The number of carboxylic acids is 1. The molecular formula is C16H21NO4. The Kier molecular flexibility index (Phi) is 5.75. The molecule has 2 rings (SSSR count). The fourth-order valence-corrected chi connectivity index (χ4v) is 2.47. The van der Waals surface area contributed by atoms with Crippen LogP contribution in [-0.2, 0) is 20.9 Å². The Labute approximate surface area is 124 Å². The van der Waals surface area contributed by atoms with Crippen molar-refractivity contribution >= 4 is 11.9 Å². The van der Waals surface area contributed by atoms with E-state index in [9.17, 15) is 9.59 Å². The lowest BCUT2D eigenvalue weighted by Crippen LogP contribution is -2.39. The maximum absolute atomic E-state index is 12.5. The number of nitrogens with zero attached hydrogens (tertiary/aromatic N) is 1.